The van der Waals surface area contributed by atoms with E-state index in [4.69, 9.17) is 0 Å². The van der Waals surface area contributed by atoms with Gasteiger partial charge >= 0.3 is 0 Å². The Balaban J connectivity index is 1.98. The van der Waals surface area contributed by atoms with E-state index in [2.05, 4.69) is 11.9 Å². The third kappa shape index (κ3) is 3.21. The van der Waals surface area contributed by atoms with E-state index in [1.165, 1.54) is 19.3 Å². The van der Waals surface area contributed by atoms with Gasteiger partial charge in [0, 0.05) is 12.1 Å². The SMILES string of the molecule is CN(C1CCCCCC1O)C1CCCCC1O. The molecule has 0 spiro atoms. The maximum Gasteiger partial charge on any atom is 0.0695 e. The van der Waals surface area contributed by atoms with E-state index < -0.39 is 0 Å². The fourth-order valence-corrected chi connectivity index (χ4v) is 3.56. The Kier molecular flexibility index (Phi) is 4.83. The zero-order valence-electron chi connectivity index (χ0n) is 11.0. The molecular formula is C14H27NO2. The molecule has 2 aliphatic carbocycles. The highest BCUT2D eigenvalue weighted by molar-refractivity contribution is 4.88. The Morgan fingerprint density at radius 3 is 1.71 bits per heavy atom. The van der Waals surface area contributed by atoms with Crippen LogP contribution in [-0.4, -0.2) is 46.5 Å². The summed E-state index contributed by atoms with van der Waals surface area (Å²) in [5.74, 6) is 0. The van der Waals surface area contributed by atoms with Crippen molar-refractivity contribution in [2.75, 3.05) is 7.05 Å². The van der Waals surface area contributed by atoms with Crippen molar-refractivity contribution in [1.29, 1.82) is 0 Å². The Morgan fingerprint density at radius 2 is 1.12 bits per heavy atom. The average molecular weight is 241 g/mol. The predicted octanol–water partition coefficient (Wildman–Crippen LogP) is 1.92. The van der Waals surface area contributed by atoms with Gasteiger partial charge < -0.3 is 10.2 Å². The van der Waals surface area contributed by atoms with Crippen LogP contribution in [0.15, 0.2) is 0 Å². The molecule has 0 radical (unpaired) electrons. The summed E-state index contributed by atoms with van der Waals surface area (Å²) in [5.41, 5.74) is 0. The number of likely N-dealkylation sites (N-methyl/N-ethyl adjacent to an activating group) is 1. The quantitative estimate of drug-likeness (QED) is 0.726. The van der Waals surface area contributed by atoms with Gasteiger partial charge in [-0.1, -0.05) is 32.1 Å². The van der Waals surface area contributed by atoms with E-state index in [1.807, 2.05) is 0 Å². The van der Waals surface area contributed by atoms with Crippen LogP contribution in [-0.2, 0) is 0 Å². The van der Waals surface area contributed by atoms with E-state index in [1.54, 1.807) is 0 Å². The number of rotatable bonds is 2. The number of aliphatic hydroxyl groups is 2. The van der Waals surface area contributed by atoms with E-state index >= 15 is 0 Å². The van der Waals surface area contributed by atoms with Crippen molar-refractivity contribution in [3.8, 4) is 0 Å². The van der Waals surface area contributed by atoms with Crippen LogP contribution in [0.5, 0.6) is 0 Å². The van der Waals surface area contributed by atoms with Gasteiger partial charge in [0.2, 0.25) is 0 Å². The lowest BCUT2D eigenvalue weighted by molar-refractivity contribution is -0.0253. The van der Waals surface area contributed by atoms with Crippen LogP contribution >= 0.6 is 0 Å². The van der Waals surface area contributed by atoms with Crippen molar-refractivity contribution >= 4 is 0 Å². The molecule has 2 saturated carbocycles. The molecule has 0 aromatic rings. The molecule has 0 aromatic carbocycles. The zero-order chi connectivity index (χ0) is 12.3. The molecular weight excluding hydrogens is 214 g/mol. The van der Waals surface area contributed by atoms with Gasteiger partial charge in [-0.3, -0.25) is 4.90 Å². The summed E-state index contributed by atoms with van der Waals surface area (Å²) in [7, 11) is 2.10. The molecule has 2 aliphatic rings. The predicted molar refractivity (Wildman–Crippen MR) is 68.9 cm³/mol. The first kappa shape index (κ1) is 13.3. The fraction of sp³-hybridized carbons (Fsp3) is 1.00. The van der Waals surface area contributed by atoms with Crippen molar-refractivity contribution in [2.45, 2.75) is 82.1 Å². The molecule has 0 amide bonds. The summed E-state index contributed by atoms with van der Waals surface area (Å²) < 4.78 is 0. The lowest BCUT2D eigenvalue weighted by Crippen LogP contribution is -2.51. The summed E-state index contributed by atoms with van der Waals surface area (Å²) in [5, 5.41) is 20.3. The van der Waals surface area contributed by atoms with Crippen LogP contribution in [0, 0.1) is 0 Å². The molecule has 0 aliphatic heterocycles. The number of hydrogen-bond acceptors (Lipinski definition) is 3. The van der Waals surface area contributed by atoms with Gasteiger partial charge in [0.25, 0.3) is 0 Å². The first-order valence-electron chi connectivity index (χ1n) is 7.28. The van der Waals surface area contributed by atoms with Gasteiger partial charge in [-0.05, 0) is 32.7 Å². The molecule has 2 N–H and O–H groups in total. The van der Waals surface area contributed by atoms with Gasteiger partial charge in [0.15, 0.2) is 0 Å². The molecule has 0 bridgehead atoms. The molecule has 3 nitrogen and oxygen atoms in total. The summed E-state index contributed by atoms with van der Waals surface area (Å²) >= 11 is 0. The molecule has 0 aromatic heterocycles. The number of hydrogen-bond donors (Lipinski definition) is 2. The summed E-state index contributed by atoms with van der Waals surface area (Å²) in [6.07, 6.45) is 9.62. The van der Waals surface area contributed by atoms with E-state index in [-0.39, 0.29) is 24.3 Å². The monoisotopic (exact) mass is 241 g/mol. The maximum atomic E-state index is 10.2. The van der Waals surface area contributed by atoms with Crippen LogP contribution in [0.25, 0.3) is 0 Å². The molecule has 100 valence electrons. The fourth-order valence-electron chi connectivity index (χ4n) is 3.56. The van der Waals surface area contributed by atoms with Crippen LogP contribution in [0.1, 0.15) is 57.8 Å². The normalized spacial score (nSPS) is 40.2. The lowest BCUT2D eigenvalue weighted by atomic mass is 9.89. The number of nitrogens with zero attached hydrogens (tertiary/aromatic N) is 1. The van der Waals surface area contributed by atoms with Crippen molar-refractivity contribution in [2.24, 2.45) is 0 Å². The third-order valence-electron chi connectivity index (χ3n) is 4.68. The minimum absolute atomic E-state index is 0.191. The van der Waals surface area contributed by atoms with Gasteiger partial charge in [0.1, 0.15) is 0 Å². The highest BCUT2D eigenvalue weighted by atomic mass is 16.3. The molecule has 0 saturated heterocycles. The Morgan fingerprint density at radius 1 is 0.706 bits per heavy atom. The Hall–Kier alpha value is -0.120. The van der Waals surface area contributed by atoms with Crippen LogP contribution in [0.2, 0.25) is 0 Å². The lowest BCUT2D eigenvalue weighted by Gasteiger charge is -2.41. The molecule has 17 heavy (non-hydrogen) atoms. The number of aliphatic hydroxyl groups excluding tert-OH is 2. The first-order chi connectivity index (χ1) is 8.20. The second-order valence-corrected chi connectivity index (χ2v) is 5.86. The van der Waals surface area contributed by atoms with Gasteiger partial charge in [-0.25, -0.2) is 0 Å². The zero-order valence-corrected chi connectivity index (χ0v) is 11.0. The molecule has 0 heterocycles. The van der Waals surface area contributed by atoms with Crippen LogP contribution in [0.3, 0.4) is 0 Å². The highest BCUT2D eigenvalue weighted by Crippen LogP contribution is 2.28. The Labute approximate surface area is 105 Å². The van der Waals surface area contributed by atoms with E-state index in [0.717, 1.165) is 38.5 Å². The topological polar surface area (TPSA) is 43.7 Å². The second kappa shape index (κ2) is 6.17. The largest absolute Gasteiger partial charge is 0.391 e. The van der Waals surface area contributed by atoms with Gasteiger partial charge in [-0.15, -0.1) is 0 Å². The first-order valence-corrected chi connectivity index (χ1v) is 7.28. The van der Waals surface area contributed by atoms with Crippen molar-refractivity contribution in [3.63, 3.8) is 0 Å². The summed E-state index contributed by atoms with van der Waals surface area (Å²) in [4.78, 5) is 2.28. The van der Waals surface area contributed by atoms with Crippen molar-refractivity contribution in [3.05, 3.63) is 0 Å². The second-order valence-electron chi connectivity index (χ2n) is 5.86. The average Bonchev–Trinajstić information content (AvgIpc) is 2.54. The highest BCUT2D eigenvalue weighted by Gasteiger charge is 2.34. The molecule has 2 rings (SSSR count). The smallest absolute Gasteiger partial charge is 0.0695 e. The molecule has 2 fully saturated rings. The van der Waals surface area contributed by atoms with E-state index in [0.29, 0.717) is 0 Å². The maximum absolute atomic E-state index is 10.2. The molecule has 3 heteroatoms. The van der Waals surface area contributed by atoms with Crippen molar-refractivity contribution < 1.29 is 10.2 Å². The standard InChI is InChI=1S/C14H27NO2/c1-15(12-8-5-6-10-14(12)17)11-7-3-2-4-9-13(11)16/h11-14,16-17H,2-10H2,1H3. The minimum Gasteiger partial charge on any atom is -0.391 e. The van der Waals surface area contributed by atoms with E-state index in [9.17, 15) is 10.2 Å². The van der Waals surface area contributed by atoms with Crippen LogP contribution in [0.4, 0.5) is 0 Å². The third-order valence-corrected chi connectivity index (χ3v) is 4.68. The minimum atomic E-state index is -0.198. The van der Waals surface area contributed by atoms with Gasteiger partial charge in [-0.2, -0.15) is 0 Å². The van der Waals surface area contributed by atoms with Crippen molar-refractivity contribution in [1.82, 2.24) is 4.90 Å². The summed E-state index contributed by atoms with van der Waals surface area (Å²) in [6.45, 7) is 0. The molecule has 4 unspecified atom stereocenters. The molecule has 4 atom stereocenters. The summed E-state index contributed by atoms with van der Waals surface area (Å²) in [6, 6.07) is 0.525. The Bertz CT molecular complexity index is 234. The van der Waals surface area contributed by atoms with Crippen LogP contribution < -0.4 is 0 Å². The van der Waals surface area contributed by atoms with Gasteiger partial charge in [0.05, 0.1) is 12.2 Å².